The van der Waals surface area contributed by atoms with Gasteiger partial charge < -0.3 is 10.6 Å². The fraction of sp³-hybridized carbons (Fsp3) is 0.444. The van der Waals surface area contributed by atoms with Gasteiger partial charge in [-0.15, -0.1) is 24.8 Å². The topological polar surface area (TPSA) is 62.2 Å². The number of hydrogen-bond donors (Lipinski definition) is 2. The molecule has 26 heavy (non-hydrogen) atoms. The van der Waals surface area contributed by atoms with Crippen molar-refractivity contribution in [3.8, 4) is 5.69 Å². The summed E-state index contributed by atoms with van der Waals surface area (Å²) >= 11 is 0. The molecule has 2 heterocycles. The number of anilines is 1. The van der Waals surface area contributed by atoms with Crippen molar-refractivity contribution >= 4 is 36.4 Å². The van der Waals surface area contributed by atoms with Crippen LogP contribution in [-0.2, 0) is 4.79 Å². The van der Waals surface area contributed by atoms with Gasteiger partial charge in [-0.3, -0.25) is 9.69 Å². The van der Waals surface area contributed by atoms with Crippen molar-refractivity contribution < 1.29 is 4.79 Å². The lowest BCUT2D eigenvalue weighted by molar-refractivity contribution is -0.121. The van der Waals surface area contributed by atoms with E-state index in [0.29, 0.717) is 0 Å². The van der Waals surface area contributed by atoms with Crippen molar-refractivity contribution in [2.24, 2.45) is 0 Å². The Bertz CT molecular complexity index is 714. The maximum absolute atomic E-state index is 12.7. The highest BCUT2D eigenvalue weighted by molar-refractivity contribution is 5.95. The van der Waals surface area contributed by atoms with Gasteiger partial charge in [0.25, 0.3) is 0 Å². The van der Waals surface area contributed by atoms with Gasteiger partial charge in [-0.05, 0) is 32.9 Å². The van der Waals surface area contributed by atoms with E-state index in [1.807, 2.05) is 55.8 Å². The molecule has 0 saturated carbocycles. The zero-order chi connectivity index (χ0) is 17.1. The lowest BCUT2D eigenvalue weighted by Crippen LogP contribution is -2.51. The van der Waals surface area contributed by atoms with Gasteiger partial charge in [-0.2, -0.15) is 5.10 Å². The van der Waals surface area contributed by atoms with Crippen LogP contribution in [0.15, 0.2) is 30.3 Å². The van der Waals surface area contributed by atoms with Gasteiger partial charge in [-0.25, -0.2) is 4.68 Å². The highest BCUT2D eigenvalue weighted by Crippen LogP contribution is 2.23. The molecule has 1 atom stereocenters. The smallest absolute Gasteiger partial charge is 0.241 e. The molecule has 1 aromatic carbocycles. The second-order valence-electron chi connectivity index (χ2n) is 6.24. The lowest BCUT2D eigenvalue weighted by Gasteiger charge is -2.31. The number of para-hydroxylation sites is 1. The Morgan fingerprint density at radius 3 is 2.38 bits per heavy atom. The van der Waals surface area contributed by atoms with Gasteiger partial charge in [0.1, 0.15) is 0 Å². The van der Waals surface area contributed by atoms with E-state index in [1.54, 1.807) is 0 Å². The number of benzene rings is 1. The molecule has 0 bridgehead atoms. The van der Waals surface area contributed by atoms with Crippen LogP contribution in [0, 0.1) is 13.8 Å². The van der Waals surface area contributed by atoms with E-state index in [-0.39, 0.29) is 36.8 Å². The third-order valence-corrected chi connectivity index (χ3v) is 4.62. The first-order chi connectivity index (χ1) is 11.6. The molecule has 1 amide bonds. The Kier molecular flexibility index (Phi) is 8.56. The number of halogens is 2. The number of carbonyl (C=O) groups excluding carboxylic acids is 1. The van der Waals surface area contributed by atoms with Gasteiger partial charge in [0.2, 0.25) is 5.91 Å². The molecular weight excluding hydrogens is 373 g/mol. The van der Waals surface area contributed by atoms with Crippen LogP contribution in [0.5, 0.6) is 0 Å². The third-order valence-electron chi connectivity index (χ3n) is 4.62. The first-order valence-electron chi connectivity index (χ1n) is 8.45. The fourth-order valence-electron chi connectivity index (χ4n) is 3.11. The number of carbonyl (C=O) groups is 1. The second-order valence-corrected chi connectivity index (χ2v) is 6.24. The molecule has 1 saturated heterocycles. The molecule has 1 aromatic heterocycles. The molecule has 1 fully saturated rings. The highest BCUT2D eigenvalue weighted by Gasteiger charge is 2.24. The monoisotopic (exact) mass is 399 g/mol. The number of rotatable bonds is 4. The first-order valence-corrected chi connectivity index (χ1v) is 8.45. The summed E-state index contributed by atoms with van der Waals surface area (Å²) in [6.45, 7) is 9.54. The van der Waals surface area contributed by atoms with E-state index < -0.39 is 0 Å². The van der Waals surface area contributed by atoms with E-state index >= 15 is 0 Å². The van der Waals surface area contributed by atoms with Gasteiger partial charge in [0.05, 0.1) is 28.8 Å². The summed E-state index contributed by atoms with van der Waals surface area (Å²) in [4.78, 5) is 14.9. The molecule has 6 nitrogen and oxygen atoms in total. The van der Waals surface area contributed by atoms with Crippen molar-refractivity contribution in [2.45, 2.75) is 26.8 Å². The summed E-state index contributed by atoms with van der Waals surface area (Å²) in [6, 6.07) is 9.81. The predicted octanol–water partition coefficient (Wildman–Crippen LogP) is 2.56. The summed E-state index contributed by atoms with van der Waals surface area (Å²) in [5.41, 5.74) is 3.58. The molecule has 1 aliphatic rings. The molecule has 8 heteroatoms. The summed E-state index contributed by atoms with van der Waals surface area (Å²) in [5, 5.41) is 11.0. The quantitative estimate of drug-likeness (QED) is 0.828. The number of hydrogen-bond acceptors (Lipinski definition) is 4. The Hall–Kier alpha value is -1.60. The van der Waals surface area contributed by atoms with Gasteiger partial charge in [0, 0.05) is 26.2 Å². The summed E-state index contributed by atoms with van der Waals surface area (Å²) in [5.74, 6) is 0.0238. The SMILES string of the molecule is Cc1nn(-c2ccccc2)c(C)c1NC(=O)C(C)N1CCNCC1.Cl.Cl. The minimum atomic E-state index is -0.147. The van der Waals surface area contributed by atoms with Crippen molar-refractivity contribution in [1.29, 1.82) is 0 Å². The van der Waals surface area contributed by atoms with E-state index in [2.05, 4.69) is 20.6 Å². The largest absolute Gasteiger partial charge is 0.322 e. The van der Waals surface area contributed by atoms with E-state index in [0.717, 1.165) is 48.9 Å². The van der Waals surface area contributed by atoms with E-state index in [1.165, 1.54) is 0 Å². The molecule has 2 N–H and O–H groups in total. The summed E-state index contributed by atoms with van der Waals surface area (Å²) in [6.07, 6.45) is 0. The lowest BCUT2D eigenvalue weighted by atomic mass is 10.2. The normalized spacial score (nSPS) is 15.5. The standard InChI is InChI=1S/C18H25N5O.2ClH/c1-13-17(14(2)23(21-13)16-7-5-4-6-8-16)20-18(24)15(3)22-11-9-19-10-12-22;;/h4-8,15,19H,9-12H2,1-3H3,(H,20,24);2*1H. The molecule has 0 spiro atoms. The van der Waals surface area contributed by atoms with Crippen LogP contribution in [0.2, 0.25) is 0 Å². The average molecular weight is 400 g/mol. The summed E-state index contributed by atoms with van der Waals surface area (Å²) in [7, 11) is 0. The van der Waals surface area contributed by atoms with Crippen LogP contribution in [-0.4, -0.2) is 52.8 Å². The van der Waals surface area contributed by atoms with Crippen LogP contribution >= 0.6 is 24.8 Å². The number of aryl methyl sites for hydroxylation is 1. The Morgan fingerprint density at radius 2 is 1.77 bits per heavy atom. The van der Waals surface area contributed by atoms with Gasteiger partial charge >= 0.3 is 0 Å². The molecular formula is C18H27Cl2N5O. The van der Waals surface area contributed by atoms with E-state index in [9.17, 15) is 4.79 Å². The number of amides is 1. The molecule has 1 unspecified atom stereocenters. The van der Waals surface area contributed by atoms with E-state index in [4.69, 9.17) is 0 Å². The average Bonchev–Trinajstić information content (AvgIpc) is 2.90. The number of piperazine rings is 1. The zero-order valence-corrected chi connectivity index (χ0v) is 17.0. The van der Waals surface area contributed by atoms with Crippen molar-refractivity contribution in [3.05, 3.63) is 41.7 Å². The van der Waals surface area contributed by atoms with Gasteiger partial charge in [0.15, 0.2) is 0 Å². The van der Waals surface area contributed by atoms with Crippen LogP contribution in [0.1, 0.15) is 18.3 Å². The molecule has 3 rings (SSSR count). The fourth-order valence-corrected chi connectivity index (χ4v) is 3.11. The number of nitrogens with one attached hydrogen (secondary N) is 2. The maximum atomic E-state index is 12.7. The van der Waals surface area contributed by atoms with Crippen molar-refractivity contribution in [1.82, 2.24) is 20.0 Å². The van der Waals surface area contributed by atoms with Crippen LogP contribution in [0.25, 0.3) is 5.69 Å². The molecule has 0 aliphatic carbocycles. The zero-order valence-electron chi connectivity index (χ0n) is 15.4. The predicted molar refractivity (Wildman–Crippen MR) is 110 cm³/mol. The number of nitrogens with zero attached hydrogens (tertiary/aromatic N) is 3. The van der Waals surface area contributed by atoms with Gasteiger partial charge in [-0.1, -0.05) is 18.2 Å². The minimum Gasteiger partial charge on any atom is -0.322 e. The minimum absolute atomic E-state index is 0. The molecule has 1 aliphatic heterocycles. The van der Waals surface area contributed by atoms with Crippen LogP contribution < -0.4 is 10.6 Å². The molecule has 2 aromatic rings. The van der Waals surface area contributed by atoms with Crippen molar-refractivity contribution in [3.63, 3.8) is 0 Å². The Morgan fingerprint density at radius 1 is 1.15 bits per heavy atom. The summed E-state index contributed by atoms with van der Waals surface area (Å²) < 4.78 is 1.88. The van der Waals surface area contributed by atoms with Crippen molar-refractivity contribution in [2.75, 3.05) is 31.5 Å². The Balaban J connectivity index is 0.00000169. The highest BCUT2D eigenvalue weighted by atomic mass is 35.5. The number of aromatic nitrogens is 2. The first kappa shape index (κ1) is 22.4. The Labute approximate surface area is 167 Å². The molecule has 144 valence electrons. The van der Waals surface area contributed by atoms with Crippen LogP contribution in [0.4, 0.5) is 5.69 Å². The van der Waals surface area contributed by atoms with Crippen LogP contribution in [0.3, 0.4) is 0 Å². The third kappa shape index (κ3) is 4.76. The maximum Gasteiger partial charge on any atom is 0.241 e. The molecule has 0 radical (unpaired) electrons. The second kappa shape index (κ2) is 9.92.